The van der Waals surface area contributed by atoms with Crippen molar-refractivity contribution in [3.8, 4) is 0 Å². The molecule has 0 bridgehead atoms. The lowest BCUT2D eigenvalue weighted by atomic mass is 10.6. The van der Waals surface area contributed by atoms with E-state index in [-0.39, 0.29) is 6.23 Å². The molecular formula is C4H8N2O. The van der Waals surface area contributed by atoms with Crippen LogP contribution < -0.4 is 5.48 Å². The molecule has 0 saturated carbocycles. The first-order chi connectivity index (χ1) is 3.29. The predicted octanol–water partition coefficient (Wildman–Crippen LogP) is 0.286. The van der Waals surface area contributed by atoms with Gasteiger partial charge in [0.25, 0.3) is 0 Å². The Bertz CT molecular complexity index is 99.9. The summed E-state index contributed by atoms with van der Waals surface area (Å²) in [6, 6.07) is 0. The molecule has 40 valence electrons. The molecule has 0 aromatic rings. The molecule has 0 aliphatic carbocycles. The molecule has 0 saturated heterocycles. The standard InChI is InChI=1S/C4H8N2O/c1-3-5-4(2)7-6-3/h4H,1-2H3,(H,5,6). The monoisotopic (exact) mass is 100 g/mol. The van der Waals surface area contributed by atoms with Crippen LogP contribution >= 0.6 is 0 Å². The second-order valence-corrected chi connectivity index (χ2v) is 1.53. The van der Waals surface area contributed by atoms with Gasteiger partial charge in [-0.2, -0.15) is 0 Å². The molecule has 7 heavy (non-hydrogen) atoms. The van der Waals surface area contributed by atoms with E-state index in [1.54, 1.807) is 0 Å². The van der Waals surface area contributed by atoms with E-state index in [1.165, 1.54) is 0 Å². The molecule has 0 spiro atoms. The van der Waals surface area contributed by atoms with Gasteiger partial charge in [0.15, 0.2) is 6.23 Å². The molecule has 3 nitrogen and oxygen atoms in total. The molecule has 1 N–H and O–H groups in total. The van der Waals surface area contributed by atoms with Crippen LogP contribution in [0.3, 0.4) is 0 Å². The second kappa shape index (κ2) is 1.50. The third kappa shape index (κ3) is 0.899. The van der Waals surface area contributed by atoms with Crippen molar-refractivity contribution in [1.29, 1.82) is 0 Å². The molecular weight excluding hydrogens is 92.1 g/mol. The summed E-state index contributed by atoms with van der Waals surface area (Å²) >= 11 is 0. The first kappa shape index (κ1) is 4.59. The van der Waals surface area contributed by atoms with Gasteiger partial charge in [0.1, 0.15) is 5.84 Å². The summed E-state index contributed by atoms with van der Waals surface area (Å²) in [5, 5.41) is 0. The molecule has 1 rings (SSSR count). The average molecular weight is 100 g/mol. The van der Waals surface area contributed by atoms with E-state index in [0.717, 1.165) is 5.84 Å². The van der Waals surface area contributed by atoms with Gasteiger partial charge in [-0.25, -0.2) is 9.83 Å². The van der Waals surface area contributed by atoms with Crippen molar-refractivity contribution in [1.82, 2.24) is 5.48 Å². The number of amidine groups is 1. The summed E-state index contributed by atoms with van der Waals surface area (Å²) in [5.74, 6) is 0.854. The van der Waals surface area contributed by atoms with Crippen LogP contribution in [0.5, 0.6) is 0 Å². The van der Waals surface area contributed by atoms with E-state index in [0.29, 0.717) is 0 Å². The second-order valence-electron chi connectivity index (χ2n) is 1.53. The van der Waals surface area contributed by atoms with E-state index < -0.39 is 0 Å². The number of hydrogen-bond donors (Lipinski definition) is 1. The minimum absolute atomic E-state index is 0.000000000000000222. The van der Waals surface area contributed by atoms with Crippen molar-refractivity contribution in [2.75, 3.05) is 0 Å². The van der Waals surface area contributed by atoms with Crippen LogP contribution in [0.4, 0.5) is 0 Å². The van der Waals surface area contributed by atoms with E-state index in [2.05, 4.69) is 10.5 Å². The van der Waals surface area contributed by atoms with Gasteiger partial charge in [0.05, 0.1) is 0 Å². The SMILES string of the molecule is CC1=NC(C)ON1. The first-order valence-electron chi connectivity index (χ1n) is 2.25. The molecule has 1 heterocycles. The van der Waals surface area contributed by atoms with Gasteiger partial charge >= 0.3 is 0 Å². The highest BCUT2D eigenvalue weighted by molar-refractivity contribution is 5.79. The lowest BCUT2D eigenvalue weighted by Gasteiger charge is -1.93. The topological polar surface area (TPSA) is 33.6 Å². The fourth-order valence-corrected chi connectivity index (χ4v) is 0.496. The Morgan fingerprint density at radius 2 is 2.57 bits per heavy atom. The summed E-state index contributed by atoms with van der Waals surface area (Å²) in [5.41, 5.74) is 2.62. The highest BCUT2D eigenvalue weighted by Crippen LogP contribution is 1.95. The normalized spacial score (nSPS) is 29.4. The van der Waals surface area contributed by atoms with Crippen molar-refractivity contribution in [3.05, 3.63) is 0 Å². The predicted molar refractivity (Wildman–Crippen MR) is 26.8 cm³/mol. The molecule has 0 radical (unpaired) electrons. The number of nitrogens with one attached hydrogen (secondary N) is 1. The molecule has 0 aromatic heterocycles. The maximum atomic E-state index is 4.81. The van der Waals surface area contributed by atoms with E-state index in [1.807, 2.05) is 13.8 Å². The summed E-state index contributed by atoms with van der Waals surface area (Å²) in [6.45, 7) is 3.74. The van der Waals surface area contributed by atoms with Crippen molar-refractivity contribution < 1.29 is 4.84 Å². The fourth-order valence-electron chi connectivity index (χ4n) is 0.496. The molecule has 1 aliphatic rings. The van der Waals surface area contributed by atoms with Crippen molar-refractivity contribution >= 4 is 5.84 Å². The van der Waals surface area contributed by atoms with Gasteiger partial charge in [-0.1, -0.05) is 0 Å². The molecule has 0 aromatic carbocycles. The summed E-state index contributed by atoms with van der Waals surface area (Å²) < 4.78 is 0. The molecule has 3 heteroatoms. The summed E-state index contributed by atoms with van der Waals surface area (Å²) in [4.78, 5) is 8.78. The highest BCUT2D eigenvalue weighted by Gasteiger charge is 2.06. The van der Waals surface area contributed by atoms with Gasteiger partial charge in [-0.05, 0) is 13.8 Å². The maximum Gasteiger partial charge on any atom is 0.174 e. The van der Waals surface area contributed by atoms with Gasteiger partial charge in [-0.15, -0.1) is 0 Å². The number of hydroxylamine groups is 1. The Hall–Kier alpha value is -0.570. The number of aliphatic imine (C=N–C) groups is 1. The zero-order valence-corrected chi connectivity index (χ0v) is 4.43. The summed E-state index contributed by atoms with van der Waals surface area (Å²) in [7, 11) is 0. The van der Waals surface area contributed by atoms with Gasteiger partial charge in [0, 0.05) is 0 Å². The van der Waals surface area contributed by atoms with Gasteiger partial charge < -0.3 is 0 Å². The van der Waals surface area contributed by atoms with Crippen LogP contribution in [0.1, 0.15) is 13.8 Å². The smallest absolute Gasteiger partial charge is 0.174 e. The van der Waals surface area contributed by atoms with Crippen LogP contribution in [0.25, 0.3) is 0 Å². The summed E-state index contributed by atoms with van der Waals surface area (Å²) in [6.07, 6.45) is -0.000000000000000222. The van der Waals surface area contributed by atoms with Crippen LogP contribution in [0.15, 0.2) is 4.99 Å². The van der Waals surface area contributed by atoms with E-state index in [9.17, 15) is 0 Å². The van der Waals surface area contributed by atoms with E-state index >= 15 is 0 Å². The fraction of sp³-hybridized carbons (Fsp3) is 0.750. The third-order valence-corrected chi connectivity index (χ3v) is 0.753. The quantitative estimate of drug-likeness (QED) is 0.474. The van der Waals surface area contributed by atoms with Crippen molar-refractivity contribution in [2.45, 2.75) is 20.1 Å². The Morgan fingerprint density at radius 3 is 2.71 bits per heavy atom. The molecule has 1 atom stereocenters. The Balaban J connectivity index is 2.50. The van der Waals surface area contributed by atoms with Crippen LogP contribution in [0.2, 0.25) is 0 Å². The lowest BCUT2D eigenvalue weighted by molar-refractivity contribution is 0.0501. The average Bonchev–Trinajstić information content (AvgIpc) is 1.87. The highest BCUT2D eigenvalue weighted by atomic mass is 16.7. The third-order valence-electron chi connectivity index (χ3n) is 0.753. The number of rotatable bonds is 0. The van der Waals surface area contributed by atoms with Gasteiger partial charge in [-0.3, -0.25) is 5.48 Å². The zero-order valence-electron chi connectivity index (χ0n) is 4.43. The first-order valence-corrected chi connectivity index (χ1v) is 2.25. The number of hydrogen-bond acceptors (Lipinski definition) is 3. The minimum atomic E-state index is -0.000000000000000222. The van der Waals surface area contributed by atoms with Crippen molar-refractivity contribution in [2.24, 2.45) is 4.99 Å². The number of nitrogens with zero attached hydrogens (tertiary/aromatic N) is 1. The molecule has 1 unspecified atom stereocenters. The van der Waals surface area contributed by atoms with Crippen LogP contribution in [-0.2, 0) is 4.84 Å². The Labute approximate surface area is 42.3 Å². The van der Waals surface area contributed by atoms with Gasteiger partial charge in [0.2, 0.25) is 0 Å². The van der Waals surface area contributed by atoms with E-state index in [4.69, 9.17) is 4.84 Å². The van der Waals surface area contributed by atoms with Crippen LogP contribution in [0, 0.1) is 0 Å². The minimum Gasteiger partial charge on any atom is -0.251 e. The lowest BCUT2D eigenvalue weighted by Crippen LogP contribution is -2.13. The molecule has 0 amide bonds. The Kier molecular flexibility index (Phi) is 0.982. The maximum absolute atomic E-state index is 4.81. The zero-order chi connectivity index (χ0) is 5.28. The van der Waals surface area contributed by atoms with Crippen LogP contribution in [-0.4, -0.2) is 12.1 Å². The largest absolute Gasteiger partial charge is 0.251 e. The Morgan fingerprint density at radius 1 is 1.86 bits per heavy atom. The molecule has 1 aliphatic heterocycles. The van der Waals surface area contributed by atoms with Crippen molar-refractivity contribution in [3.63, 3.8) is 0 Å². The molecule has 0 fully saturated rings.